The molecule has 0 aliphatic rings. The number of phenolic OH excluding ortho intramolecular Hbond substituents is 1. The summed E-state index contributed by atoms with van der Waals surface area (Å²) >= 11 is 0. The van der Waals surface area contributed by atoms with E-state index in [0.717, 1.165) is 34.2 Å². The highest BCUT2D eigenvalue weighted by molar-refractivity contribution is 6.03. The zero-order valence-electron chi connectivity index (χ0n) is 15.7. The SMILES string of the molecule is CCn1c(C)nc2cc(C(=O)NN=Cc3c(O)ccc4ccccc34)ccc21. The Morgan fingerprint density at radius 2 is 2.04 bits per heavy atom. The molecule has 0 spiro atoms. The average molecular weight is 372 g/mol. The third-order valence-electron chi connectivity index (χ3n) is 4.82. The van der Waals surface area contributed by atoms with Crippen molar-refractivity contribution in [2.45, 2.75) is 20.4 Å². The lowest BCUT2D eigenvalue weighted by molar-refractivity contribution is 0.0955. The molecule has 1 heterocycles. The number of hydrogen-bond acceptors (Lipinski definition) is 4. The Bertz CT molecular complexity index is 1220. The lowest BCUT2D eigenvalue weighted by Crippen LogP contribution is -2.17. The van der Waals surface area contributed by atoms with Crippen LogP contribution in [0.2, 0.25) is 0 Å². The van der Waals surface area contributed by atoms with Crippen LogP contribution in [0.4, 0.5) is 0 Å². The number of carbonyl (C=O) groups excluding carboxylic acids is 1. The first-order valence-electron chi connectivity index (χ1n) is 9.09. The summed E-state index contributed by atoms with van der Waals surface area (Å²) in [6, 6.07) is 16.6. The van der Waals surface area contributed by atoms with Gasteiger partial charge in [-0.2, -0.15) is 5.10 Å². The molecule has 0 aliphatic heterocycles. The van der Waals surface area contributed by atoms with Crippen molar-refractivity contribution in [3.63, 3.8) is 0 Å². The van der Waals surface area contributed by atoms with Gasteiger partial charge in [-0.25, -0.2) is 10.4 Å². The fourth-order valence-corrected chi connectivity index (χ4v) is 3.43. The molecule has 6 heteroatoms. The van der Waals surface area contributed by atoms with Crippen LogP contribution in [0.25, 0.3) is 21.8 Å². The lowest BCUT2D eigenvalue weighted by Gasteiger charge is -2.05. The average Bonchev–Trinajstić information content (AvgIpc) is 3.03. The number of rotatable bonds is 4. The minimum absolute atomic E-state index is 0.110. The molecule has 3 aromatic carbocycles. The summed E-state index contributed by atoms with van der Waals surface area (Å²) in [7, 11) is 0. The van der Waals surface area contributed by atoms with E-state index in [0.29, 0.717) is 11.1 Å². The molecule has 0 atom stereocenters. The van der Waals surface area contributed by atoms with Gasteiger partial charge >= 0.3 is 0 Å². The van der Waals surface area contributed by atoms with E-state index in [2.05, 4.69) is 27.0 Å². The highest BCUT2D eigenvalue weighted by Crippen LogP contribution is 2.25. The fourth-order valence-electron chi connectivity index (χ4n) is 3.43. The van der Waals surface area contributed by atoms with Gasteiger partial charge in [0.25, 0.3) is 5.91 Å². The van der Waals surface area contributed by atoms with E-state index in [9.17, 15) is 9.90 Å². The summed E-state index contributed by atoms with van der Waals surface area (Å²) in [6.45, 7) is 4.84. The van der Waals surface area contributed by atoms with Crippen LogP contribution in [0.3, 0.4) is 0 Å². The van der Waals surface area contributed by atoms with E-state index in [1.165, 1.54) is 6.21 Å². The molecule has 0 fully saturated rings. The van der Waals surface area contributed by atoms with Crippen LogP contribution >= 0.6 is 0 Å². The molecule has 2 N–H and O–H groups in total. The van der Waals surface area contributed by atoms with Gasteiger partial charge in [-0.3, -0.25) is 4.79 Å². The predicted molar refractivity (Wildman–Crippen MR) is 111 cm³/mol. The van der Waals surface area contributed by atoms with Crippen molar-refractivity contribution in [2.75, 3.05) is 0 Å². The van der Waals surface area contributed by atoms with E-state index in [4.69, 9.17) is 0 Å². The minimum atomic E-state index is -0.332. The van der Waals surface area contributed by atoms with Gasteiger partial charge < -0.3 is 9.67 Å². The molecule has 4 rings (SSSR count). The molecule has 6 nitrogen and oxygen atoms in total. The Hall–Kier alpha value is -3.67. The monoisotopic (exact) mass is 372 g/mol. The summed E-state index contributed by atoms with van der Waals surface area (Å²) in [5, 5.41) is 16.0. The molecular weight excluding hydrogens is 352 g/mol. The van der Waals surface area contributed by atoms with Crippen molar-refractivity contribution >= 4 is 33.9 Å². The van der Waals surface area contributed by atoms with Gasteiger partial charge in [-0.15, -0.1) is 0 Å². The van der Waals surface area contributed by atoms with Crippen molar-refractivity contribution in [2.24, 2.45) is 5.10 Å². The number of aromatic hydroxyl groups is 1. The maximum absolute atomic E-state index is 12.5. The quantitative estimate of drug-likeness (QED) is 0.420. The van der Waals surface area contributed by atoms with E-state index < -0.39 is 0 Å². The third-order valence-corrected chi connectivity index (χ3v) is 4.82. The summed E-state index contributed by atoms with van der Waals surface area (Å²) < 4.78 is 2.10. The van der Waals surface area contributed by atoms with Crippen LogP contribution in [0.1, 0.15) is 28.7 Å². The highest BCUT2D eigenvalue weighted by Gasteiger charge is 2.11. The van der Waals surface area contributed by atoms with Crippen molar-refractivity contribution in [3.8, 4) is 5.75 Å². The normalized spacial score (nSPS) is 11.5. The zero-order valence-corrected chi connectivity index (χ0v) is 15.7. The number of aryl methyl sites for hydroxylation is 2. The van der Waals surface area contributed by atoms with Crippen LogP contribution in [-0.4, -0.2) is 26.8 Å². The standard InChI is InChI=1S/C22H20N4O2/c1-3-26-14(2)24-19-12-16(8-10-20(19)26)22(28)25-23-13-18-17-7-5-4-6-15(17)9-11-21(18)27/h4-13,27H,3H2,1-2H3,(H,25,28). The molecule has 1 aromatic heterocycles. The Morgan fingerprint density at radius 1 is 1.21 bits per heavy atom. The first-order chi connectivity index (χ1) is 13.6. The second kappa shape index (κ2) is 7.15. The summed E-state index contributed by atoms with van der Waals surface area (Å²) in [5.74, 6) is 0.694. The van der Waals surface area contributed by atoms with Crippen molar-refractivity contribution in [1.29, 1.82) is 0 Å². The van der Waals surface area contributed by atoms with Gasteiger partial charge in [0.2, 0.25) is 0 Å². The number of carbonyl (C=O) groups is 1. The number of nitrogens with zero attached hydrogens (tertiary/aromatic N) is 3. The van der Waals surface area contributed by atoms with Crippen molar-refractivity contribution in [3.05, 3.63) is 71.5 Å². The molecule has 0 bridgehead atoms. The molecule has 0 unspecified atom stereocenters. The molecule has 0 aliphatic carbocycles. The Morgan fingerprint density at radius 3 is 2.86 bits per heavy atom. The van der Waals surface area contributed by atoms with Gasteiger partial charge in [0.1, 0.15) is 11.6 Å². The number of fused-ring (bicyclic) bond motifs is 2. The Kier molecular flexibility index (Phi) is 4.53. The number of benzene rings is 3. The van der Waals surface area contributed by atoms with Crippen molar-refractivity contribution < 1.29 is 9.90 Å². The first-order valence-corrected chi connectivity index (χ1v) is 9.09. The largest absolute Gasteiger partial charge is 0.507 e. The molecule has 140 valence electrons. The molecule has 1 amide bonds. The maximum Gasteiger partial charge on any atom is 0.271 e. The third kappa shape index (κ3) is 3.09. The second-order valence-corrected chi connectivity index (χ2v) is 6.53. The van der Waals surface area contributed by atoms with E-state index in [1.807, 2.05) is 43.3 Å². The highest BCUT2D eigenvalue weighted by atomic mass is 16.3. The number of hydrazone groups is 1. The number of imidazole rings is 1. The van der Waals surface area contributed by atoms with Crippen molar-refractivity contribution in [1.82, 2.24) is 15.0 Å². The minimum Gasteiger partial charge on any atom is -0.507 e. The summed E-state index contributed by atoms with van der Waals surface area (Å²) in [6.07, 6.45) is 1.46. The van der Waals surface area contributed by atoms with Crippen LogP contribution in [0.15, 0.2) is 59.7 Å². The summed E-state index contributed by atoms with van der Waals surface area (Å²) in [4.78, 5) is 17.0. The number of aromatic nitrogens is 2. The number of phenols is 1. The van der Waals surface area contributed by atoms with Crippen LogP contribution in [0, 0.1) is 6.92 Å². The number of nitrogens with one attached hydrogen (secondary N) is 1. The first kappa shape index (κ1) is 17.7. The molecular formula is C22H20N4O2. The van der Waals surface area contributed by atoms with Crippen LogP contribution in [0.5, 0.6) is 5.75 Å². The van der Waals surface area contributed by atoms with Gasteiger partial charge in [-0.1, -0.05) is 30.3 Å². The second-order valence-electron chi connectivity index (χ2n) is 6.53. The van der Waals surface area contributed by atoms with Gasteiger partial charge in [0, 0.05) is 17.7 Å². The molecule has 4 aromatic rings. The van der Waals surface area contributed by atoms with Crippen LogP contribution in [-0.2, 0) is 6.54 Å². The topological polar surface area (TPSA) is 79.5 Å². The Balaban J connectivity index is 1.58. The number of amides is 1. The fraction of sp³-hybridized carbons (Fsp3) is 0.136. The molecule has 0 saturated carbocycles. The predicted octanol–water partition coefficient (Wildman–Crippen LogP) is 3.99. The van der Waals surface area contributed by atoms with Crippen LogP contribution < -0.4 is 5.43 Å². The van der Waals surface area contributed by atoms with Gasteiger partial charge in [0.15, 0.2) is 0 Å². The molecule has 28 heavy (non-hydrogen) atoms. The smallest absolute Gasteiger partial charge is 0.271 e. The lowest BCUT2D eigenvalue weighted by atomic mass is 10.0. The molecule has 0 saturated heterocycles. The van der Waals surface area contributed by atoms with E-state index in [1.54, 1.807) is 18.2 Å². The van der Waals surface area contributed by atoms with E-state index in [-0.39, 0.29) is 11.7 Å². The maximum atomic E-state index is 12.5. The number of hydrogen-bond donors (Lipinski definition) is 2. The summed E-state index contributed by atoms with van der Waals surface area (Å²) in [5.41, 5.74) is 5.35. The van der Waals surface area contributed by atoms with Gasteiger partial charge in [-0.05, 0) is 48.9 Å². The zero-order chi connectivity index (χ0) is 19.7. The molecule has 0 radical (unpaired) electrons. The van der Waals surface area contributed by atoms with Gasteiger partial charge in [0.05, 0.1) is 17.2 Å². The Labute approximate surface area is 162 Å². The van der Waals surface area contributed by atoms with E-state index >= 15 is 0 Å².